The van der Waals surface area contributed by atoms with Crippen LogP contribution in [-0.2, 0) is 12.8 Å². The monoisotopic (exact) mass is 604 g/mol. The maximum absolute atomic E-state index is 11.8. The van der Waals surface area contributed by atoms with E-state index >= 15 is 0 Å². The summed E-state index contributed by atoms with van der Waals surface area (Å²) in [5.74, 6) is 0.0246. The average molecular weight is 605 g/mol. The average Bonchev–Trinajstić information content (AvgIpc) is 3.88. The predicted molar refractivity (Wildman–Crippen MR) is 173 cm³/mol. The van der Waals surface area contributed by atoms with Crippen molar-refractivity contribution >= 4 is 0 Å². The molecule has 4 aromatic heterocycles. The van der Waals surface area contributed by atoms with Crippen LogP contribution in [0, 0.1) is 11.8 Å². The van der Waals surface area contributed by atoms with E-state index in [1.807, 2.05) is 49.7 Å². The van der Waals surface area contributed by atoms with Crippen LogP contribution in [0.1, 0.15) is 70.5 Å². The minimum Gasteiger partial charge on any atom is -0.388 e. The number of aliphatic hydroxyl groups excluding tert-OH is 2. The van der Waals surface area contributed by atoms with Gasteiger partial charge < -0.3 is 19.3 Å². The molecule has 2 aliphatic heterocycles. The molecule has 6 atom stereocenters. The third-order valence-electron chi connectivity index (χ3n) is 11.2. The molecule has 8 heteroatoms. The number of pyridine rings is 2. The molecule has 0 amide bonds. The van der Waals surface area contributed by atoms with Crippen LogP contribution >= 0.6 is 0 Å². The van der Waals surface area contributed by atoms with Crippen LogP contribution in [0.2, 0.25) is 0 Å². The van der Waals surface area contributed by atoms with E-state index in [1.165, 1.54) is 22.3 Å². The Balaban J connectivity index is 1.01. The van der Waals surface area contributed by atoms with Gasteiger partial charge >= 0.3 is 0 Å². The molecular formula is C38H32N6O2. The number of rotatable bonds is 3. The molecule has 0 unspecified atom stereocenters. The van der Waals surface area contributed by atoms with Crippen molar-refractivity contribution in [3.8, 4) is 33.8 Å². The second-order valence-electron chi connectivity index (χ2n) is 13.3. The highest BCUT2D eigenvalue weighted by molar-refractivity contribution is 5.86. The molecule has 226 valence electrons. The standard InChI is InChI=1S/C38H32N6O2/c45-37-28(10-8-21-12-13-39-15-29(21)37)36-26-7-3-6-25(34(26)33-18-41-20-44(33)36)31-14-22-9-11-27(38(46)30(22)16-42-31)35-24-5-2-1-4-23(24)32-17-40-19-43(32)35/h1-7,12-20,27-28,35-38,45-46H,8-11H2/t27-,28-,35+,36+,37+,38-/m0/s1. The predicted octanol–water partition coefficient (Wildman–Crippen LogP) is 6.27. The van der Waals surface area contributed by atoms with Crippen molar-refractivity contribution < 1.29 is 10.2 Å². The fourth-order valence-corrected chi connectivity index (χ4v) is 9.08. The molecule has 0 bridgehead atoms. The maximum atomic E-state index is 11.8. The molecule has 4 aliphatic rings. The number of fused-ring (bicyclic) bond motifs is 8. The first kappa shape index (κ1) is 26.3. The molecule has 0 fully saturated rings. The summed E-state index contributed by atoms with van der Waals surface area (Å²) in [7, 11) is 0. The third-order valence-corrected chi connectivity index (χ3v) is 11.2. The van der Waals surface area contributed by atoms with Crippen molar-refractivity contribution in [3.63, 3.8) is 0 Å². The zero-order valence-electron chi connectivity index (χ0n) is 25.1. The first-order chi connectivity index (χ1) is 22.7. The Morgan fingerprint density at radius 3 is 2.13 bits per heavy atom. The van der Waals surface area contributed by atoms with Gasteiger partial charge in [-0.25, -0.2) is 9.97 Å². The van der Waals surface area contributed by atoms with Gasteiger partial charge in [-0.3, -0.25) is 9.97 Å². The van der Waals surface area contributed by atoms with Crippen molar-refractivity contribution in [1.82, 2.24) is 29.1 Å². The number of nitrogens with zero attached hydrogens (tertiary/aromatic N) is 6. The van der Waals surface area contributed by atoms with Gasteiger partial charge in [-0.05, 0) is 60.1 Å². The van der Waals surface area contributed by atoms with Crippen LogP contribution in [0.3, 0.4) is 0 Å². The van der Waals surface area contributed by atoms with E-state index in [1.54, 1.807) is 0 Å². The van der Waals surface area contributed by atoms with Gasteiger partial charge in [0.25, 0.3) is 0 Å². The van der Waals surface area contributed by atoms with Crippen LogP contribution in [0.5, 0.6) is 0 Å². The van der Waals surface area contributed by atoms with Gasteiger partial charge in [0.05, 0.1) is 66.4 Å². The highest BCUT2D eigenvalue weighted by Gasteiger charge is 2.43. The largest absolute Gasteiger partial charge is 0.388 e. The Kier molecular flexibility index (Phi) is 5.60. The van der Waals surface area contributed by atoms with Gasteiger partial charge in [-0.2, -0.15) is 0 Å². The smallest absolute Gasteiger partial charge is 0.0956 e. The van der Waals surface area contributed by atoms with E-state index < -0.39 is 12.2 Å². The van der Waals surface area contributed by atoms with Crippen molar-refractivity contribution in [1.29, 1.82) is 0 Å². The number of benzene rings is 2. The lowest BCUT2D eigenvalue weighted by molar-refractivity contribution is 0.0715. The van der Waals surface area contributed by atoms with Crippen molar-refractivity contribution in [3.05, 3.63) is 132 Å². The number of hydrogen-bond donors (Lipinski definition) is 2. The topological polar surface area (TPSA) is 102 Å². The number of imidazole rings is 2. The van der Waals surface area contributed by atoms with E-state index in [4.69, 9.17) is 4.98 Å². The number of hydrogen-bond acceptors (Lipinski definition) is 6. The van der Waals surface area contributed by atoms with Gasteiger partial charge in [0.1, 0.15) is 0 Å². The lowest BCUT2D eigenvalue weighted by atomic mass is 9.75. The molecular weight excluding hydrogens is 572 g/mol. The molecule has 0 saturated heterocycles. The number of aliphatic hydroxyl groups is 2. The molecule has 0 radical (unpaired) electrons. The Morgan fingerprint density at radius 1 is 0.609 bits per heavy atom. The van der Waals surface area contributed by atoms with Gasteiger partial charge in [0, 0.05) is 58.2 Å². The summed E-state index contributed by atoms with van der Waals surface area (Å²) in [5, 5.41) is 23.4. The summed E-state index contributed by atoms with van der Waals surface area (Å²) in [5.41, 5.74) is 13.1. The lowest BCUT2D eigenvalue weighted by Gasteiger charge is -2.35. The first-order valence-corrected chi connectivity index (χ1v) is 16.2. The molecule has 2 aliphatic carbocycles. The summed E-state index contributed by atoms with van der Waals surface area (Å²) in [6.45, 7) is 0. The Morgan fingerprint density at radius 2 is 1.28 bits per heavy atom. The van der Waals surface area contributed by atoms with E-state index in [2.05, 4.69) is 72.6 Å². The van der Waals surface area contributed by atoms with Gasteiger partial charge in [0.15, 0.2) is 0 Å². The van der Waals surface area contributed by atoms with Crippen molar-refractivity contribution in [2.45, 2.75) is 50.0 Å². The van der Waals surface area contributed by atoms with Gasteiger partial charge in [-0.15, -0.1) is 0 Å². The normalized spacial score (nSPS) is 25.3. The van der Waals surface area contributed by atoms with Crippen molar-refractivity contribution in [2.75, 3.05) is 0 Å². The Labute approximate surface area is 266 Å². The number of aryl methyl sites for hydroxylation is 2. The summed E-state index contributed by atoms with van der Waals surface area (Å²) in [6.07, 6.45) is 15.5. The summed E-state index contributed by atoms with van der Waals surface area (Å²) in [4.78, 5) is 18.3. The third kappa shape index (κ3) is 3.56. The number of aromatic nitrogens is 6. The molecule has 46 heavy (non-hydrogen) atoms. The maximum Gasteiger partial charge on any atom is 0.0956 e. The summed E-state index contributed by atoms with van der Waals surface area (Å²) in [6, 6.07) is 19.2. The highest BCUT2D eigenvalue weighted by atomic mass is 16.3. The molecule has 8 nitrogen and oxygen atoms in total. The molecule has 2 N–H and O–H groups in total. The van der Waals surface area contributed by atoms with Crippen LogP contribution in [0.4, 0.5) is 0 Å². The zero-order chi connectivity index (χ0) is 30.5. The molecule has 0 saturated carbocycles. The van der Waals surface area contributed by atoms with E-state index in [0.717, 1.165) is 70.6 Å². The summed E-state index contributed by atoms with van der Waals surface area (Å²) < 4.78 is 4.47. The quantitative estimate of drug-likeness (QED) is 0.247. The lowest BCUT2D eigenvalue weighted by Crippen LogP contribution is -2.28. The SMILES string of the molecule is O[C@@H]1c2cnc(-c3cccc4c3-c3cncn3[C@H]4[C@@H]3CCc4ccncc4[C@@H]3O)cc2CC[C@H]1[C@H]1c2ccccc2-c2cncn21. The Hall–Kier alpha value is -4.92. The summed E-state index contributed by atoms with van der Waals surface area (Å²) >= 11 is 0. The molecule has 2 aromatic carbocycles. The van der Waals surface area contributed by atoms with E-state index in [0.29, 0.717) is 0 Å². The molecule has 6 aromatic rings. The minimum absolute atomic E-state index is 0.00135. The fraction of sp³-hybridized carbons (Fsp3) is 0.263. The molecule has 0 spiro atoms. The molecule has 6 heterocycles. The van der Waals surface area contributed by atoms with Crippen LogP contribution in [0.25, 0.3) is 33.8 Å². The zero-order valence-corrected chi connectivity index (χ0v) is 25.1. The second kappa shape index (κ2) is 9.79. The van der Waals surface area contributed by atoms with E-state index in [9.17, 15) is 10.2 Å². The Bertz CT molecular complexity index is 2170. The fourth-order valence-electron chi connectivity index (χ4n) is 9.08. The minimum atomic E-state index is -0.630. The van der Waals surface area contributed by atoms with E-state index in [-0.39, 0.29) is 23.9 Å². The first-order valence-electron chi connectivity index (χ1n) is 16.2. The molecule has 10 rings (SSSR count). The van der Waals surface area contributed by atoms with Gasteiger partial charge in [0.2, 0.25) is 0 Å². The van der Waals surface area contributed by atoms with Crippen LogP contribution < -0.4 is 0 Å². The van der Waals surface area contributed by atoms with Crippen LogP contribution in [-0.4, -0.2) is 39.3 Å². The van der Waals surface area contributed by atoms with Crippen LogP contribution in [0.15, 0.2) is 98.2 Å². The highest BCUT2D eigenvalue weighted by Crippen LogP contribution is 2.53. The van der Waals surface area contributed by atoms with Crippen molar-refractivity contribution in [2.24, 2.45) is 11.8 Å². The van der Waals surface area contributed by atoms with Gasteiger partial charge in [-0.1, -0.05) is 42.5 Å². The second-order valence-corrected chi connectivity index (χ2v) is 13.3.